The Morgan fingerprint density at radius 1 is 0.938 bits per heavy atom. The van der Waals surface area contributed by atoms with Crippen LogP contribution >= 0.6 is 0 Å². The van der Waals surface area contributed by atoms with Crippen molar-refractivity contribution in [3.63, 3.8) is 0 Å². The summed E-state index contributed by atoms with van der Waals surface area (Å²) in [5, 5.41) is 0. The van der Waals surface area contributed by atoms with Crippen LogP contribution in [0.5, 0.6) is 5.75 Å². The maximum Gasteiger partial charge on any atom is 0.331 e. The molecule has 4 rings (SSSR count). The lowest BCUT2D eigenvalue weighted by atomic mass is 9.81. The lowest BCUT2D eigenvalue weighted by Crippen LogP contribution is -2.49. The number of ether oxygens (including phenoxy) is 1. The van der Waals surface area contributed by atoms with Crippen LogP contribution in [0.1, 0.15) is 48.0 Å². The van der Waals surface area contributed by atoms with Gasteiger partial charge in [-0.25, -0.2) is 14.0 Å². The molecule has 0 N–H and O–H groups in total. The average molecular weight is 438 g/mol. The molecule has 2 aromatic carbocycles. The number of imide groups is 1. The molecule has 7 nitrogen and oxygen atoms in total. The van der Waals surface area contributed by atoms with Crippen molar-refractivity contribution in [3.8, 4) is 5.75 Å². The van der Waals surface area contributed by atoms with E-state index in [1.54, 1.807) is 7.05 Å². The first kappa shape index (κ1) is 21.7. The number of amides is 3. The van der Waals surface area contributed by atoms with Gasteiger partial charge in [-0.2, -0.15) is 0 Å². The molecule has 3 amide bonds. The van der Waals surface area contributed by atoms with Gasteiger partial charge in [0.05, 0.1) is 0 Å². The van der Waals surface area contributed by atoms with E-state index < -0.39 is 29.9 Å². The molecule has 1 saturated carbocycles. The summed E-state index contributed by atoms with van der Waals surface area (Å²) in [7, 11) is 1.60. The molecule has 0 unspecified atom stereocenters. The van der Waals surface area contributed by atoms with E-state index in [0.29, 0.717) is 24.0 Å². The monoisotopic (exact) mass is 438 g/mol. The minimum atomic E-state index is -0.849. The molecule has 1 heterocycles. The normalized spacial score (nSPS) is 17.7. The number of ketones is 1. The number of hydrogen-bond acceptors (Lipinski definition) is 5. The number of urea groups is 1. The Bertz CT molecular complexity index is 1060. The van der Waals surface area contributed by atoms with Gasteiger partial charge < -0.3 is 9.64 Å². The lowest BCUT2D eigenvalue weighted by molar-refractivity contribution is -0.142. The van der Waals surface area contributed by atoms with Crippen molar-refractivity contribution >= 4 is 23.7 Å². The van der Waals surface area contributed by atoms with Crippen LogP contribution in [0.3, 0.4) is 0 Å². The van der Waals surface area contributed by atoms with Gasteiger partial charge >= 0.3 is 12.0 Å². The Balaban J connectivity index is 1.40. The summed E-state index contributed by atoms with van der Waals surface area (Å²) in [6.07, 6.45) is 3.96. The first-order valence-corrected chi connectivity index (χ1v) is 10.5. The quantitative estimate of drug-likeness (QED) is 0.309. The number of hydrogen-bond donors (Lipinski definition) is 0. The average Bonchev–Trinajstić information content (AvgIpc) is 2.96. The molecular weight excluding hydrogens is 415 g/mol. The molecule has 1 aliphatic carbocycles. The molecule has 2 fully saturated rings. The second-order valence-electron chi connectivity index (χ2n) is 8.16. The SMILES string of the molecule is CN1C(=O)N(CC(=O)Oc2ccc(C(=O)c3ccc(F)cc3)cc2)C(=O)C12CCCCC2. The first-order valence-electron chi connectivity index (χ1n) is 10.5. The number of halogens is 1. The molecule has 0 atom stereocenters. The van der Waals surface area contributed by atoms with Gasteiger partial charge in [0.15, 0.2) is 5.78 Å². The van der Waals surface area contributed by atoms with Crippen LogP contribution in [-0.4, -0.2) is 52.6 Å². The van der Waals surface area contributed by atoms with Crippen molar-refractivity contribution in [1.29, 1.82) is 0 Å². The van der Waals surface area contributed by atoms with E-state index in [-0.39, 0.29) is 17.4 Å². The van der Waals surface area contributed by atoms with E-state index in [1.807, 2.05) is 0 Å². The molecule has 32 heavy (non-hydrogen) atoms. The number of nitrogens with zero attached hydrogens (tertiary/aromatic N) is 2. The number of carbonyl (C=O) groups is 4. The Labute approximate surface area is 184 Å². The molecule has 1 aliphatic heterocycles. The van der Waals surface area contributed by atoms with Crippen molar-refractivity contribution in [3.05, 3.63) is 65.5 Å². The summed E-state index contributed by atoms with van der Waals surface area (Å²) in [5.41, 5.74) is -0.164. The second kappa shape index (κ2) is 8.53. The maximum atomic E-state index is 13.0. The number of esters is 1. The topological polar surface area (TPSA) is 84.0 Å². The predicted molar refractivity (Wildman–Crippen MR) is 113 cm³/mol. The standard InChI is InChI=1S/C24H23FN2O5/c1-26-23(31)27(22(30)24(26)13-3-2-4-14-24)15-20(28)32-19-11-7-17(8-12-19)21(29)16-5-9-18(25)10-6-16/h5-12H,2-4,13-15H2,1H3. The largest absolute Gasteiger partial charge is 0.425 e. The number of benzene rings is 2. The highest BCUT2D eigenvalue weighted by Crippen LogP contribution is 2.39. The first-order chi connectivity index (χ1) is 15.3. The molecular formula is C24H23FN2O5. The van der Waals surface area contributed by atoms with Gasteiger partial charge in [-0.1, -0.05) is 19.3 Å². The van der Waals surface area contributed by atoms with Crippen molar-refractivity contribution in [2.75, 3.05) is 13.6 Å². The zero-order chi connectivity index (χ0) is 22.9. The van der Waals surface area contributed by atoms with Gasteiger partial charge in [0.1, 0.15) is 23.7 Å². The fourth-order valence-corrected chi connectivity index (χ4v) is 4.41. The maximum absolute atomic E-state index is 13.0. The molecule has 2 aromatic rings. The summed E-state index contributed by atoms with van der Waals surface area (Å²) in [6, 6.07) is 10.6. The van der Waals surface area contributed by atoms with Crippen LogP contribution in [0, 0.1) is 5.82 Å². The highest BCUT2D eigenvalue weighted by Gasteiger charge is 2.55. The number of likely N-dealkylation sites (N-methyl/N-ethyl adjacent to an activating group) is 1. The van der Waals surface area contributed by atoms with Gasteiger partial charge in [-0.3, -0.25) is 14.5 Å². The van der Waals surface area contributed by atoms with Crippen molar-refractivity contribution in [1.82, 2.24) is 9.80 Å². The van der Waals surface area contributed by atoms with Crippen LogP contribution < -0.4 is 4.74 Å². The van der Waals surface area contributed by atoms with Crippen LogP contribution in [0.4, 0.5) is 9.18 Å². The van der Waals surface area contributed by atoms with Crippen molar-refractivity contribution < 1.29 is 28.3 Å². The zero-order valence-electron chi connectivity index (χ0n) is 17.7. The summed E-state index contributed by atoms with van der Waals surface area (Å²) < 4.78 is 18.3. The van der Waals surface area contributed by atoms with E-state index in [0.717, 1.165) is 24.2 Å². The minimum Gasteiger partial charge on any atom is -0.425 e. The molecule has 166 valence electrons. The Morgan fingerprint density at radius 3 is 2.09 bits per heavy atom. The van der Waals surface area contributed by atoms with Crippen LogP contribution in [0.25, 0.3) is 0 Å². The number of rotatable bonds is 5. The van der Waals surface area contributed by atoms with Gasteiger partial charge in [0.2, 0.25) is 0 Å². The van der Waals surface area contributed by atoms with Crippen LogP contribution in [-0.2, 0) is 9.59 Å². The van der Waals surface area contributed by atoms with E-state index in [2.05, 4.69) is 0 Å². The fraction of sp³-hybridized carbons (Fsp3) is 0.333. The second-order valence-corrected chi connectivity index (χ2v) is 8.16. The fourth-order valence-electron chi connectivity index (χ4n) is 4.41. The molecule has 1 saturated heterocycles. The highest BCUT2D eigenvalue weighted by atomic mass is 19.1. The summed E-state index contributed by atoms with van der Waals surface area (Å²) in [6.45, 7) is -0.472. The molecule has 2 aliphatic rings. The Kier molecular flexibility index (Phi) is 5.78. The predicted octanol–water partition coefficient (Wildman–Crippen LogP) is 3.56. The van der Waals surface area contributed by atoms with Crippen molar-refractivity contribution in [2.24, 2.45) is 0 Å². The van der Waals surface area contributed by atoms with Crippen LogP contribution in [0.2, 0.25) is 0 Å². The lowest BCUT2D eigenvalue weighted by Gasteiger charge is -2.35. The smallest absolute Gasteiger partial charge is 0.331 e. The summed E-state index contributed by atoms with van der Waals surface area (Å²) >= 11 is 0. The van der Waals surface area contributed by atoms with E-state index in [4.69, 9.17) is 4.74 Å². The number of carbonyl (C=O) groups excluding carboxylic acids is 4. The van der Waals surface area contributed by atoms with E-state index in [1.165, 1.54) is 53.4 Å². The molecule has 0 aromatic heterocycles. The molecule has 0 bridgehead atoms. The van der Waals surface area contributed by atoms with Crippen LogP contribution in [0.15, 0.2) is 48.5 Å². The summed E-state index contributed by atoms with van der Waals surface area (Å²) in [4.78, 5) is 52.9. The minimum absolute atomic E-state index is 0.186. The highest BCUT2D eigenvalue weighted by molar-refractivity contribution is 6.09. The third-order valence-corrected chi connectivity index (χ3v) is 6.23. The third kappa shape index (κ3) is 3.88. The molecule has 1 spiro atoms. The summed E-state index contributed by atoms with van der Waals surface area (Å²) in [5.74, 6) is -1.63. The van der Waals surface area contributed by atoms with Crippen molar-refractivity contribution in [2.45, 2.75) is 37.6 Å². The van der Waals surface area contributed by atoms with E-state index in [9.17, 15) is 23.6 Å². The third-order valence-electron chi connectivity index (χ3n) is 6.23. The van der Waals surface area contributed by atoms with E-state index >= 15 is 0 Å². The molecule has 0 radical (unpaired) electrons. The molecule has 8 heteroatoms. The Morgan fingerprint density at radius 2 is 1.50 bits per heavy atom. The Hall–Kier alpha value is -3.55. The van der Waals surface area contributed by atoms with Gasteiger partial charge in [0.25, 0.3) is 5.91 Å². The zero-order valence-corrected chi connectivity index (χ0v) is 17.7. The van der Waals surface area contributed by atoms with Gasteiger partial charge in [-0.15, -0.1) is 0 Å². The van der Waals surface area contributed by atoms with Gasteiger partial charge in [-0.05, 0) is 61.4 Å². The van der Waals surface area contributed by atoms with Gasteiger partial charge in [0, 0.05) is 18.2 Å².